The van der Waals surface area contributed by atoms with Crippen LogP contribution in [0.3, 0.4) is 0 Å². The Morgan fingerprint density at radius 3 is 2.68 bits per heavy atom. The first-order chi connectivity index (χ1) is 12.1. The Morgan fingerprint density at radius 1 is 1.16 bits per heavy atom. The highest BCUT2D eigenvalue weighted by atomic mass is 32.1. The number of ether oxygens (including phenoxy) is 1. The lowest BCUT2D eigenvalue weighted by molar-refractivity contribution is -0.114. The summed E-state index contributed by atoms with van der Waals surface area (Å²) in [4.78, 5) is 29.1. The lowest BCUT2D eigenvalue weighted by Gasteiger charge is -2.11. The molecule has 0 aliphatic carbocycles. The quantitative estimate of drug-likeness (QED) is 0.706. The molecule has 128 valence electrons. The minimum atomic E-state index is -0.307. The molecule has 2 amide bonds. The molecule has 0 unspecified atom stereocenters. The van der Waals surface area contributed by atoms with E-state index in [4.69, 9.17) is 4.74 Å². The van der Waals surface area contributed by atoms with Crippen molar-refractivity contribution in [2.45, 2.75) is 6.92 Å². The Kier molecular flexibility index (Phi) is 5.11. The molecule has 0 aliphatic heterocycles. The van der Waals surface area contributed by atoms with Crippen molar-refractivity contribution in [1.82, 2.24) is 4.98 Å². The van der Waals surface area contributed by atoms with Gasteiger partial charge in [0.15, 0.2) is 0 Å². The van der Waals surface area contributed by atoms with E-state index in [1.54, 1.807) is 34.9 Å². The summed E-state index contributed by atoms with van der Waals surface area (Å²) >= 11 is 3.00. The lowest BCUT2D eigenvalue weighted by Crippen LogP contribution is -2.13. The van der Waals surface area contributed by atoms with Gasteiger partial charge in [0.2, 0.25) is 5.91 Å². The van der Waals surface area contributed by atoms with Crippen molar-refractivity contribution in [1.29, 1.82) is 0 Å². The van der Waals surface area contributed by atoms with Gasteiger partial charge in [-0.25, -0.2) is 4.98 Å². The number of rotatable bonds is 5. The van der Waals surface area contributed by atoms with E-state index in [9.17, 15) is 9.59 Å². The van der Waals surface area contributed by atoms with Gasteiger partial charge in [-0.15, -0.1) is 22.7 Å². The van der Waals surface area contributed by atoms with Crippen molar-refractivity contribution >= 4 is 45.9 Å². The molecule has 0 saturated heterocycles. The van der Waals surface area contributed by atoms with Crippen LogP contribution in [0, 0.1) is 0 Å². The molecule has 0 radical (unpaired) electrons. The zero-order valence-electron chi connectivity index (χ0n) is 13.5. The predicted molar refractivity (Wildman–Crippen MR) is 101 cm³/mol. The van der Waals surface area contributed by atoms with Crippen molar-refractivity contribution in [3.8, 4) is 15.6 Å². The zero-order valence-corrected chi connectivity index (χ0v) is 15.2. The Bertz CT molecular complexity index is 904. The number of aromatic nitrogens is 1. The molecular formula is C17H15N3O3S2. The fraction of sp³-hybridized carbons (Fsp3) is 0.118. The molecule has 2 aromatic heterocycles. The molecule has 1 aromatic carbocycles. The third kappa shape index (κ3) is 4.04. The number of amides is 2. The van der Waals surface area contributed by atoms with Crippen LogP contribution in [0.1, 0.15) is 17.4 Å². The highest BCUT2D eigenvalue weighted by Gasteiger charge is 2.14. The second kappa shape index (κ2) is 7.45. The highest BCUT2D eigenvalue weighted by Crippen LogP contribution is 2.30. The van der Waals surface area contributed by atoms with Crippen molar-refractivity contribution in [2.24, 2.45) is 0 Å². The van der Waals surface area contributed by atoms with Gasteiger partial charge in [-0.2, -0.15) is 0 Å². The largest absolute Gasteiger partial charge is 0.495 e. The Balaban J connectivity index is 1.77. The summed E-state index contributed by atoms with van der Waals surface area (Å²) in [6, 6.07) is 8.94. The second-order valence-electron chi connectivity index (χ2n) is 5.07. The Morgan fingerprint density at radius 2 is 2.00 bits per heavy atom. The van der Waals surface area contributed by atoms with Crippen LogP contribution in [0.5, 0.6) is 5.75 Å². The van der Waals surface area contributed by atoms with E-state index in [-0.39, 0.29) is 11.8 Å². The Labute approximate surface area is 152 Å². The van der Waals surface area contributed by atoms with Crippen LogP contribution in [-0.4, -0.2) is 23.9 Å². The van der Waals surface area contributed by atoms with Gasteiger partial charge in [-0.05, 0) is 29.6 Å². The third-order valence-corrected chi connectivity index (χ3v) is 5.12. The maximum absolute atomic E-state index is 12.4. The van der Waals surface area contributed by atoms with Crippen LogP contribution in [0.25, 0.3) is 9.88 Å². The summed E-state index contributed by atoms with van der Waals surface area (Å²) in [6.45, 7) is 1.41. The van der Waals surface area contributed by atoms with Gasteiger partial charge in [-0.3, -0.25) is 9.59 Å². The van der Waals surface area contributed by atoms with Gasteiger partial charge in [0.25, 0.3) is 5.91 Å². The highest BCUT2D eigenvalue weighted by molar-refractivity contribution is 7.20. The minimum absolute atomic E-state index is 0.220. The van der Waals surface area contributed by atoms with Crippen molar-refractivity contribution < 1.29 is 14.3 Å². The van der Waals surface area contributed by atoms with Crippen LogP contribution in [0.2, 0.25) is 0 Å². The maximum Gasteiger partial charge on any atom is 0.275 e. The number of thiazole rings is 1. The summed E-state index contributed by atoms with van der Waals surface area (Å²) < 4.78 is 5.20. The number of nitrogens with one attached hydrogen (secondary N) is 2. The summed E-state index contributed by atoms with van der Waals surface area (Å²) in [5.41, 5.74) is 1.39. The van der Waals surface area contributed by atoms with Gasteiger partial charge in [0.05, 0.1) is 17.7 Å². The van der Waals surface area contributed by atoms with E-state index in [0.717, 1.165) is 9.88 Å². The molecule has 6 nitrogen and oxygen atoms in total. The molecule has 2 heterocycles. The maximum atomic E-state index is 12.4. The topological polar surface area (TPSA) is 80.3 Å². The SMILES string of the molecule is COc1ccc(NC(=O)c2csc(-c3cccs3)n2)cc1NC(C)=O. The number of carbonyl (C=O) groups is 2. The van der Waals surface area contributed by atoms with Gasteiger partial charge in [-0.1, -0.05) is 6.07 Å². The first kappa shape index (κ1) is 17.1. The molecule has 0 atom stereocenters. The number of anilines is 2. The number of hydrogen-bond donors (Lipinski definition) is 2. The van der Waals surface area contributed by atoms with Gasteiger partial charge < -0.3 is 15.4 Å². The number of thiophene rings is 1. The number of hydrogen-bond acceptors (Lipinski definition) is 6. The molecule has 0 aliphatic rings. The first-order valence-electron chi connectivity index (χ1n) is 7.33. The molecular weight excluding hydrogens is 358 g/mol. The predicted octanol–water partition coefficient (Wildman–Crippen LogP) is 4.09. The molecule has 25 heavy (non-hydrogen) atoms. The van der Waals surface area contributed by atoms with E-state index in [1.807, 2.05) is 17.5 Å². The van der Waals surface area contributed by atoms with Crippen molar-refractivity contribution in [2.75, 3.05) is 17.7 Å². The normalized spacial score (nSPS) is 10.3. The number of benzene rings is 1. The molecule has 3 aromatic rings. The number of methoxy groups -OCH3 is 1. The van der Waals surface area contributed by atoms with Crippen LogP contribution >= 0.6 is 22.7 Å². The van der Waals surface area contributed by atoms with Crippen molar-refractivity contribution in [3.63, 3.8) is 0 Å². The average molecular weight is 373 g/mol. The van der Waals surface area contributed by atoms with E-state index in [2.05, 4.69) is 15.6 Å². The molecule has 0 spiro atoms. The van der Waals surface area contributed by atoms with Gasteiger partial charge in [0.1, 0.15) is 16.5 Å². The molecule has 0 saturated carbocycles. The zero-order chi connectivity index (χ0) is 17.8. The minimum Gasteiger partial charge on any atom is -0.495 e. The first-order valence-corrected chi connectivity index (χ1v) is 9.09. The molecule has 2 N–H and O–H groups in total. The summed E-state index contributed by atoms with van der Waals surface area (Å²) in [5.74, 6) is -0.0123. The standard InChI is InChI=1S/C17H15N3O3S2/c1-10(21)18-12-8-11(5-6-14(12)23-2)19-16(22)13-9-25-17(20-13)15-4-3-7-24-15/h3-9H,1-2H3,(H,18,21)(H,19,22). The van der Waals surface area contributed by atoms with Gasteiger partial charge >= 0.3 is 0 Å². The van der Waals surface area contributed by atoms with Crippen LogP contribution in [0.15, 0.2) is 41.1 Å². The summed E-state index contributed by atoms with van der Waals surface area (Å²) in [7, 11) is 1.51. The average Bonchev–Trinajstić information content (AvgIpc) is 3.26. The Hall–Kier alpha value is -2.71. The van der Waals surface area contributed by atoms with Crippen molar-refractivity contribution in [3.05, 3.63) is 46.8 Å². The molecule has 3 rings (SSSR count). The van der Waals surface area contributed by atoms with E-state index in [0.29, 0.717) is 22.8 Å². The van der Waals surface area contributed by atoms with E-state index >= 15 is 0 Å². The molecule has 0 bridgehead atoms. The number of nitrogens with zero attached hydrogens (tertiary/aromatic N) is 1. The van der Waals surface area contributed by atoms with Crippen LogP contribution in [-0.2, 0) is 4.79 Å². The summed E-state index contributed by atoms with van der Waals surface area (Å²) in [5, 5.41) is 9.96. The molecule has 8 heteroatoms. The third-order valence-electron chi connectivity index (χ3n) is 3.24. The fourth-order valence-electron chi connectivity index (χ4n) is 2.16. The van der Waals surface area contributed by atoms with Gasteiger partial charge in [0, 0.05) is 18.0 Å². The van der Waals surface area contributed by atoms with Crippen LogP contribution in [0.4, 0.5) is 11.4 Å². The summed E-state index contributed by atoms with van der Waals surface area (Å²) in [6.07, 6.45) is 0. The van der Waals surface area contributed by atoms with E-state index in [1.165, 1.54) is 25.4 Å². The van der Waals surface area contributed by atoms with Crippen LogP contribution < -0.4 is 15.4 Å². The number of carbonyl (C=O) groups excluding carboxylic acids is 2. The fourth-order valence-corrected chi connectivity index (χ4v) is 3.77. The molecule has 0 fully saturated rings. The lowest BCUT2D eigenvalue weighted by atomic mass is 10.2. The monoisotopic (exact) mass is 373 g/mol. The van der Waals surface area contributed by atoms with E-state index < -0.39 is 0 Å². The second-order valence-corrected chi connectivity index (χ2v) is 6.87. The smallest absolute Gasteiger partial charge is 0.275 e.